The van der Waals surface area contributed by atoms with Crippen molar-refractivity contribution in [3.63, 3.8) is 0 Å². The Bertz CT molecular complexity index is 621. The van der Waals surface area contributed by atoms with E-state index in [4.69, 9.17) is 0 Å². The van der Waals surface area contributed by atoms with Gasteiger partial charge in [0.25, 0.3) is 0 Å². The molecule has 0 bridgehead atoms. The highest BCUT2D eigenvalue weighted by molar-refractivity contribution is 7.13. The van der Waals surface area contributed by atoms with E-state index in [1.165, 1.54) is 11.3 Å². The number of rotatable bonds is 6. The van der Waals surface area contributed by atoms with Gasteiger partial charge in [0, 0.05) is 25.3 Å². The molecule has 2 aromatic rings. The van der Waals surface area contributed by atoms with Crippen LogP contribution in [-0.2, 0) is 4.79 Å². The Balaban J connectivity index is 1.52. The van der Waals surface area contributed by atoms with Gasteiger partial charge in [-0.1, -0.05) is 11.3 Å². The van der Waals surface area contributed by atoms with E-state index in [2.05, 4.69) is 30.6 Å². The Morgan fingerprint density at radius 1 is 1.48 bits per heavy atom. The number of likely N-dealkylation sites (N-methyl/N-ethyl adjacent to an activating group) is 1. The van der Waals surface area contributed by atoms with Crippen molar-refractivity contribution in [2.75, 3.05) is 36.9 Å². The minimum atomic E-state index is -0.0756. The zero-order valence-corrected chi connectivity index (χ0v) is 13.7. The van der Waals surface area contributed by atoms with E-state index in [1.807, 2.05) is 24.1 Å². The summed E-state index contributed by atoms with van der Waals surface area (Å²) in [5.41, 5.74) is 1.59. The van der Waals surface area contributed by atoms with Crippen molar-refractivity contribution in [2.45, 2.75) is 18.9 Å². The molecule has 2 aromatic heterocycles. The largest absolute Gasteiger partial charge is 0.351 e. The summed E-state index contributed by atoms with van der Waals surface area (Å²) in [6.07, 6.45) is 3.91. The summed E-state index contributed by atoms with van der Waals surface area (Å²) in [6.45, 7) is 2.11. The average molecular weight is 333 g/mol. The van der Waals surface area contributed by atoms with Gasteiger partial charge in [0.1, 0.15) is 5.51 Å². The maximum atomic E-state index is 12.0. The molecule has 1 amide bonds. The van der Waals surface area contributed by atoms with Gasteiger partial charge in [-0.15, -0.1) is 15.3 Å². The summed E-state index contributed by atoms with van der Waals surface area (Å²) in [5.74, 6) is 0.829. The third kappa shape index (κ3) is 4.20. The molecule has 9 heteroatoms. The van der Waals surface area contributed by atoms with Crippen LogP contribution >= 0.6 is 11.3 Å². The molecule has 122 valence electrons. The van der Waals surface area contributed by atoms with Crippen LogP contribution < -0.4 is 10.2 Å². The molecule has 23 heavy (non-hydrogen) atoms. The van der Waals surface area contributed by atoms with Crippen LogP contribution in [0.5, 0.6) is 0 Å². The van der Waals surface area contributed by atoms with Gasteiger partial charge in [0.2, 0.25) is 11.0 Å². The lowest BCUT2D eigenvalue weighted by Gasteiger charge is -2.28. The maximum absolute atomic E-state index is 12.0. The van der Waals surface area contributed by atoms with Crippen LogP contribution in [0.3, 0.4) is 0 Å². The normalized spacial score (nSPS) is 17.7. The SMILES string of the molecule is CN(CC(=O)Nc1nncs1)C[C@@H]1CCCN1c1cccnn1. The number of carbonyl (C=O) groups is 1. The molecule has 0 aliphatic carbocycles. The fourth-order valence-electron chi connectivity index (χ4n) is 2.83. The van der Waals surface area contributed by atoms with E-state index in [-0.39, 0.29) is 5.91 Å². The van der Waals surface area contributed by atoms with Crippen molar-refractivity contribution in [1.29, 1.82) is 0 Å². The van der Waals surface area contributed by atoms with Crippen LogP contribution in [0.2, 0.25) is 0 Å². The average Bonchev–Trinajstić information content (AvgIpc) is 3.19. The number of nitrogens with zero attached hydrogens (tertiary/aromatic N) is 6. The monoisotopic (exact) mass is 333 g/mol. The molecule has 3 rings (SSSR count). The smallest absolute Gasteiger partial charge is 0.240 e. The molecular weight excluding hydrogens is 314 g/mol. The molecule has 1 saturated heterocycles. The maximum Gasteiger partial charge on any atom is 0.240 e. The lowest BCUT2D eigenvalue weighted by molar-refractivity contribution is -0.117. The summed E-state index contributed by atoms with van der Waals surface area (Å²) < 4.78 is 0. The van der Waals surface area contributed by atoms with Gasteiger partial charge in [-0.3, -0.25) is 15.0 Å². The fraction of sp³-hybridized carbons (Fsp3) is 0.500. The predicted octanol–water partition coefficient (Wildman–Crippen LogP) is 0.867. The number of aromatic nitrogens is 4. The predicted molar refractivity (Wildman–Crippen MR) is 88.4 cm³/mol. The van der Waals surface area contributed by atoms with Crippen molar-refractivity contribution < 1.29 is 4.79 Å². The van der Waals surface area contributed by atoms with E-state index >= 15 is 0 Å². The topological polar surface area (TPSA) is 87.1 Å². The molecule has 1 aliphatic heterocycles. The van der Waals surface area contributed by atoms with Gasteiger partial charge < -0.3 is 4.90 Å². The minimum Gasteiger partial charge on any atom is -0.351 e. The van der Waals surface area contributed by atoms with Gasteiger partial charge in [-0.2, -0.15) is 5.10 Å². The summed E-state index contributed by atoms with van der Waals surface area (Å²) in [7, 11) is 1.95. The highest BCUT2D eigenvalue weighted by atomic mass is 32.1. The van der Waals surface area contributed by atoms with Crippen molar-refractivity contribution >= 4 is 28.2 Å². The molecule has 1 aliphatic rings. The number of hydrogen-bond acceptors (Lipinski definition) is 8. The molecule has 1 N–H and O–H groups in total. The van der Waals surface area contributed by atoms with Crippen LogP contribution in [0.15, 0.2) is 23.8 Å². The third-order valence-corrected chi connectivity index (χ3v) is 4.38. The number of nitrogens with one attached hydrogen (secondary N) is 1. The summed E-state index contributed by atoms with van der Waals surface area (Å²) in [4.78, 5) is 16.3. The minimum absolute atomic E-state index is 0.0756. The van der Waals surface area contributed by atoms with E-state index in [1.54, 1.807) is 11.7 Å². The second-order valence-electron chi connectivity index (χ2n) is 5.56. The number of carbonyl (C=O) groups excluding carboxylic acids is 1. The molecule has 0 spiro atoms. The van der Waals surface area contributed by atoms with Crippen LogP contribution in [-0.4, -0.2) is 63.9 Å². The zero-order valence-electron chi connectivity index (χ0n) is 12.9. The molecule has 0 unspecified atom stereocenters. The van der Waals surface area contributed by atoms with Gasteiger partial charge in [0.15, 0.2) is 5.82 Å². The van der Waals surface area contributed by atoms with E-state index in [9.17, 15) is 4.79 Å². The lowest BCUT2D eigenvalue weighted by atomic mass is 10.2. The molecule has 0 aromatic carbocycles. The Morgan fingerprint density at radius 2 is 2.39 bits per heavy atom. The summed E-state index contributed by atoms with van der Waals surface area (Å²) in [5, 5.41) is 18.9. The summed E-state index contributed by atoms with van der Waals surface area (Å²) >= 11 is 1.31. The molecule has 8 nitrogen and oxygen atoms in total. The second kappa shape index (κ2) is 7.42. The Labute approximate surface area is 138 Å². The highest BCUT2D eigenvalue weighted by Crippen LogP contribution is 2.23. The van der Waals surface area contributed by atoms with Crippen molar-refractivity contribution in [3.8, 4) is 0 Å². The van der Waals surface area contributed by atoms with E-state index < -0.39 is 0 Å². The standard InChI is InChI=1S/C14H19N7OS/c1-20(9-13(22)17-14-19-16-10-23-14)8-11-4-3-7-21(11)12-5-2-6-15-18-12/h2,5-6,10-11H,3-4,7-9H2,1H3,(H,17,19,22)/t11-/m0/s1. The number of hydrogen-bond donors (Lipinski definition) is 1. The van der Waals surface area contributed by atoms with Gasteiger partial charge in [-0.25, -0.2) is 0 Å². The molecule has 0 radical (unpaired) electrons. The fourth-order valence-corrected chi connectivity index (χ4v) is 3.29. The first-order valence-electron chi connectivity index (χ1n) is 7.51. The van der Waals surface area contributed by atoms with Crippen LogP contribution in [0, 0.1) is 0 Å². The third-order valence-electron chi connectivity index (χ3n) is 3.77. The van der Waals surface area contributed by atoms with Gasteiger partial charge >= 0.3 is 0 Å². The number of anilines is 2. The molecular formula is C14H19N7OS. The van der Waals surface area contributed by atoms with Gasteiger partial charge in [-0.05, 0) is 32.0 Å². The van der Waals surface area contributed by atoms with Crippen LogP contribution in [0.1, 0.15) is 12.8 Å². The zero-order chi connectivity index (χ0) is 16.1. The van der Waals surface area contributed by atoms with Crippen LogP contribution in [0.4, 0.5) is 10.9 Å². The quantitative estimate of drug-likeness (QED) is 0.839. The van der Waals surface area contributed by atoms with Crippen molar-refractivity contribution in [3.05, 3.63) is 23.8 Å². The lowest BCUT2D eigenvalue weighted by Crippen LogP contribution is -2.42. The van der Waals surface area contributed by atoms with Gasteiger partial charge in [0.05, 0.1) is 6.54 Å². The summed E-state index contributed by atoms with van der Waals surface area (Å²) in [6, 6.07) is 4.23. The Morgan fingerprint density at radius 3 is 3.13 bits per heavy atom. The second-order valence-corrected chi connectivity index (χ2v) is 6.39. The van der Waals surface area contributed by atoms with Crippen molar-refractivity contribution in [1.82, 2.24) is 25.3 Å². The number of amides is 1. The first kappa shape index (κ1) is 15.8. The van der Waals surface area contributed by atoms with E-state index in [0.717, 1.165) is 31.7 Å². The van der Waals surface area contributed by atoms with Crippen molar-refractivity contribution in [2.24, 2.45) is 0 Å². The first-order chi connectivity index (χ1) is 11.2. The Kier molecular flexibility index (Phi) is 5.09. The van der Waals surface area contributed by atoms with E-state index in [0.29, 0.717) is 17.7 Å². The Hall–Kier alpha value is -2.13. The molecule has 3 heterocycles. The molecule has 1 fully saturated rings. The van der Waals surface area contributed by atoms with Crippen LogP contribution in [0.25, 0.3) is 0 Å². The molecule has 1 atom stereocenters. The first-order valence-corrected chi connectivity index (χ1v) is 8.39. The highest BCUT2D eigenvalue weighted by Gasteiger charge is 2.27. The molecule has 0 saturated carbocycles.